The zero-order valence-electron chi connectivity index (χ0n) is 12.7. The Kier molecular flexibility index (Phi) is 3.84. The summed E-state index contributed by atoms with van der Waals surface area (Å²) in [4.78, 5) is 0. The number of aryl methyl sites for hydroxylation is 1. The number of nitrogens with two attached hydrogens (primary N) is 2. The molecule has 110 valence electrons. The van der Waals surface area contributed by atoms with E-state index in [1.54, 1.807) is 0 Å². The molecule has 0 saturated carbocycles. The van der Waals surface area contributed by atoms with E-state index in [4.69, 9.17) is 11.5 Å². The summed E-state index contributed by atoms with van der Waals surface area (Å²) < 4.78 is 0. The summed E-state index contributed by atoms with van der Waals surface area (Å²) in [5.74, 6) is 0. The van der Waals surface area contributed by atoms with E-state index >= 15 is 0 Å². The lowest BCUT2D eigenvalue weighted by molar-refractivity contribution is 1.14. The molecule has 0 spiro atoms. The van der Waals surface area contributed by atoms with E-state index in [-0.39, 0.29) is 0 Å². The van der Waals surface area contributed by atoms with Crippen LogP contribution in [0.2, 0.25) is 0 Å². The van der Waals surface area contributed by atoms with Gasteiger partial charge in [-0.3, -0.25) is 0 Å². The van der Waals surface area contributed by atoms with Crippen molar-refractivity contribution < 1.29 is 0 Å². The number of hydrogen-bond donors (Lipinski definition) is 2. The highest BCUT2D eigenvalue weighted by Gasteiger charge is 2.14. The Balaban J connectivity index is 2.31. The van der Waals surface area contributed by atoms with Gasteiger partial charge in [-0.25, -0.2) is 0 Å². The fourth-order valence-corrected chi connectivity index (χ4v) is 2.85. The number of hydrogen-bond acceptors (Lipinski definition) is 2. The second-order valence-electron chi connectivity index (χ2n) is 5.41. The molecule has 0 aromatic heterocycles. The van der Waals surface area contributed by atoms with Gasteiger partial charge in [-0.2, -0.15) is 0 Å². The first-order chi connectivity index (χ1) is 10.7. The van der Waals surface area contributed by atoms with Crippen molar-refractivity contribution in [2.45, 2.75) is 13.3 Å². The lowest BCUT2D eigenvalue weighted by Crippen LogP contribution is -1.98. The molecule has 0 bridgehead atoms. The number of benzene rings is 3. The van der Waals surface area contributed by atoms with E-state index < -0.39 is 0 Å². The van der Waals surface area contributed by atoms with Crippen LogP contribution >= 0.6 is 0 Å². The second-order valence-corrected chi connectivity index (χ2v) is 5.41. The maximum atomic E-state index is 6.32. The molecule has 2 heteroatoms. The van der Waals surface area contributed by atoms with Crippen LogP contribution in [0, 0.1) is 0 Å². The Labute approximate surface area is 131 Å². The first-order valence-corrected chi connectivity index (χ1v) is 7.53. The molecule has 0 radical (unpaired) electrons. The van der Waals surface area contributed by atoms with Crippen molar-refractivity contribution in [3.05, 3.63) is 72.3 Å². The van der Waals surface area contributed by atoms with Crippen LogP contribution in [-0.2, 0) is 6.42 Å². The van der Waals surface area contributed by atoms with Gasteiger partial charge in [-0.1, -0.05) is 55.5 Å². The summed E-state index contributed by atoms with van der Waals surface area (Å²) in [5.41, 5.74) is 19.6. The Morgan fingerprint density at radius 1 is 0.682 bits per heavy atom. The third kappa shape index (κ3) is 2.56. The van der Waals surface area contributed by atoms with Gasteiger partial charge in [0.25, 0.3) is 0 Å². The fourth-order valence-electron chi connectivity index (χ4n) is 2.85. The molecule has 0 aliphatic rings. The van der Waals surface area contributed by atoms with Crippen molar-refractivity contribution >= 4 is 11.4 Å². The molecule has 0 atom stereocenters. The quantitative estimate of drug-likeness (QED) is 0.683. The van der Waals surface area contributed by atoms with Gasteiger partial charge in [-0.15, -0.1) is 0 Å². The first-order valence-electron chi connectivity index (χ1n) is 7.53. The molecular weight excluding hydrogens is 268 g/mol. The number of nitrogen functional groups attached to an aromatic ring is 2. The zero-order chi connectivity index (χ0) is 15.5. The molecule has 0 amide bonds. The molecule has 3 rings (SSSR count). The summed E-state index contributed by atoms with van der Waals surface area (Å²) in [6.07, 6.45) is 0.958. The molecule has 22 heavy (non-hydrogen) atoms. The third-order valence-corrected chi connectivity index (χ3v) is 3.97. The van der Waals surface area contributed by atoms with E-state index in [1.165, 1.54) is 11.1 Å². The van der Waals surface area contributed by atoms with Crippen LogP contribution in [0.5, 0.6) is 0 Å². The van der Waals surface area contributed by atoms with Crippen molar-refractivity contribution in [1.82, 2.24) is 0 Å². The third-order valence-electron chi connectivity index (χ3n) is 3.97. The molecule has 0 heterocycles. The van der Waals surface area contributed by atoms with E-state index in [9.17, 15) is 0 Å². The van der Waals surface area contributed by atoms with Gasteiger partial charge >= 0.3 is 0 Å². The van der Waals surface area contributed by atoms with Gasteiger partial charge in [0.1, 0.15) is 0 Å². The summed E-state index contributed by atoms with van der Waals surface area (Å²) in [7, 11) is 0. The minimum absolute atomic E-state index is 0.770. The Bertz CT molecular complexity index is 775. The first kappa shape index (κ1) is 14.2. The summed E-state index contributed by atoms with van der Waals surface area (Å²) in [5, 5.41) is 0. The van der Waals surface area contributed by atoms with Crippen molar-refractivity contribution in [2.75, 3.05) is 11.5 Å². The topological polar surface area (TPSA) is 52.0 Å². The molecule has 0 fully saturated rings. The zero-order valence-corrected chi connectivity index (χ0v) is 12.7. The Morgan fingerprint density at radius 2 is 1.32 bits per heavy atom. The van der Waals surface area contributed by atoms with Crippen LogP contribution in [0.3, 0.4) is 0 Å². The second kappa shape index (κ2) is 5.94. The van der Waals surface area contributed by atoms with Crippen molar-refractivity contribution in [1.29, 1.82) is 0 Å². The minimum atomic E-state index is 0.770. The fraction of sp³-hybridized carbons (Fsp3) is 0.100. The van der Waals surface area contributed by atoms with E-state index in [1.807, 2.05) is 36.4 Å². The Hall–Kier alpha value is -2.74. The van der Waals surface area contributed by atoms with Gasteiger partial charge in [0.2, 0.25) is 0 Å². The largest absolute Gasteiger partial charge is 0.399 e. The van der Waals surface area contributed by atoms with Crippen LogP contribution in [0.1, 0.15) is 12.5 Å². The van der Waals surface area contributed by atoms with Crippen molar-refractivity contribution in [2.24, 2.45) is 0 Å². The molecule has 4 N–H and O–H groups in total. The average Bonchev–Trinajstić information content (AvgIpc) is 2.56. The van der Waals surface area contributed by atoms with Crippen LogP contribution in [0.25, 0.3) is 22.3 Å². The van der Waals surface area contributed by atoms with Crippen LogP contribution in [-0.4, -0.2) is 0 Å². The lowest BCUT2D eigenvalue weighted by Gasteiger charge is -2.17. The van der Waals surface area contributed by atoms with Gasteiger partial charge in [0, 0.05) is 16.9 Å². The highest BCUT2D eigenvalue weighted by Crippen LogP contribution is 2.39. The van der Waals surface area contributed by atoms with Crippen LogP contribution in [0.4, 0.5) is 11.4 Å². The van der Waals surface area contributed by atoms with E-state index in [0.29, 0.717) is 0 Å². The highest BCUT2D eigenvalue weighted by atomic mass is 14.6. The standard InChI is InChI=1S/C20H20N2/c1-2-14-10-13-18(22)20(15-6-4-3-5-7-15)19(14)16-8-11-17(21)12-9-16/h3-13H,2,21-22H2,1H3. The molecular formula is C20H20N2. The summed E-state index contributed by atoms with van der Waals surface area (Å²) >= 11 is 0. The number of rotatable bonds is 3. The summed E-state index contributed by atoms with van der Waals surface area (Å²) in [6.45, 7) is 2.17. The highest BCUT2D eigenvalue weighted by molar-refractivity contribution is 5.93. The minimum Gasteiger partial charge on any atom is -0.399 e. The van der Waals surface area contributed by atoms with Gasteiger partial charge < -0.3 is 11.5 Å². The van der Waals surface area contributed by atoms with Gasteiger partial charge in [-0.05, 0) is 46.9 Å². The Morgan fingerprint density at radius 3 is 1.95 bits per heavy atom. The molecule has 3 aromatic carbocycles. The lowest BCUT2D eigenvalue weighted by atomic mass is 9.88. The predicted molar refractivity (Wildman–Crippen MR) is 95.5 cm³/mol. The number of anilines is 2. The monoisotopic (exact) mass is 288 g/mol. The smallest absolute Gasteiger partial charge is 0.0400 e. The van der Waals surface area contributed by atoms with E-state index in [0.717, 1.165) is 34.5 Å². The molecule has 0 unspecified atom stereocenters. The summed E-state index contributed by atoms with van der Waals surface area (Å²) in [6, 6.07) is 22.4. The van der Waals surface area contributed by atoms with Crippen molar-refractivity contribution in [3.8, 4) is 22.3 Å². The molecule has 0 saturated heterocycles. The molecule has 2 nitrogen and oxygen atoms in total. The molecule has 0 aliphatic carbocycles. The van der Waals surface area contributed by atoms with E-state index in [2.05, 4.69) is 37.3 Å². The predicted octanol–water partition coefficient (Wildman–Crippen LogP) is 4.75. The average molecular weight is 288 g/mol. The van der Waals surface area contributed by atoms with Crippen LogP contribution < -0.4 is 11.5 Å². The molecule has 3 aromatic rings. The normalized spacial score (nSPS) is 10.6. The maximum absolute atomic E-state index is 6.32. The van der Waals surface area contributed by atoms with Crippen molar-refractivity contribution in [3.63, 3.8) is 0 Å². The molecule has 0 aliphatic heterocycles. The van der Waals surface area contributed by atoms with Crippen LogP contribution in [0.15, 0.2) is 66.7 Å². The van der Waals surface area contributed by atoms with Gasteiger partial charge in [0.05, 0.1) is 0 Å². The SMILES string of the molecule is CCc1ccc(N)c(-c2ccccc2)c1-c1ccc(N)cc1. The van der Waals surface area contributed by atoms with Gasteiger partial charge in [0.15, 0.2) is 0 Å². The maximum Gasteiger partial charge on any atom is 0.0400 e.